The van der Waals surface area contributed by atoms with Gasteiger partial charge >= 0.3 is 11.8 Å². The van der Waals surface area contributed by atoms with Crippen molar-refractivity contribution in [3.8, 4) is 0 Å². The fourth-order valence-corrected chi connectivity index (χ4v) is 3.22. The zero-order chi connectivity index (χ0) is 14.0. The Morgan fingerprint density at radius 1 is 1.53 bits per heavy atom. The maximum absolute atomic E-state index is 10.9. The molecule has 7 nitrogen and oxygen atoms in total. The van der Waals surface area contributed by atoms with Crippen LogP contribution in [0.3, 0.4) is 0 Å². The standard InChI is InChI=1S/C10H7N3O4S2/c1-5-8(9(14)15)19-10(12-5)18-6-2-3-7(11-4-6)13(16)17/h2-4H,1H3,(H,14,15). The van der Waals surface area contributed by atoms with E-state index >= 15 is 0 Å². The molecule has 0 aromatic carbocycles. The number of aromatic nitrogens is 2. The summed E-state index contributed by atoms with van der Waals surface area (Å²) in [4.78, 5) is 29.4. The van der Waals surface area contributed by atoms with E-state index in [2.05, 4.69) is 9.97 Å². The number of aromatic carboxylic acids is 1. The number of carboxylic acids is 1. The van der Waals surface area contributed by atoms with Crippen LogP contribution in [-0.4, -0.2) is 26.0 Å². The van der Waals surface area contributed by atoms with E-state index in [4.69, 9.17) is 5.11 Å². The van der Waals surface area contributed by atoms with Crippen LogP contribution in [0, 0.1) is 17.0 Å². The minimum atomic E-state index is -1.01. The van der Waals surface area contributed by atoms with Gasteiger partial charge in [-0.25, -0.2) is 9.78 Å². The van der Waals surface area contributed by atoms with Crippen LogP contribution in [0.4, 0.5) is 5.82 Å². The molecule has 2 aromatic heterocycles. The maximum atomic E-state index is 10.9. The SMILES string of the molecule is Cc1nc(Sc2ccc([N+](=O)[O-])nc2)sc1C(=O)O. The van der Waals surface area contributed by atoms with E-state index in [1.807, 2.05) is 0 Å². The lowest BCUT2D eigenvalue weighted by Gasteiger charge is -1.94. The Morgan fingerprint density at radius 2 is 2.26 bits per heavy atom. The first-order valence-corrected chi connectivity index (χ1v) is 6.59. The van der Waals surface area contributed by atoms with Crippen LogP contribution in [0.2, 0.25) is 0 Å². The van der Waals surface area contributed by atoms with Crippen LogP contribution >= 0.6 is 23.1 Å². The molecule has 0 saturated heterocycles. The van der Waals surface area contributed by atoms with Crippen molar-refractivity contribution in [2.75, 3.05) is 0 Å². The number of pyridine rings is 1. The number of carboxylic acid groups (broad SMARTS) is 1. The zero-order valence-electron chi connectivity index (χ0n) is 9.56. The highest BCUT2D eigenvalue weighted by Gasteiger charge is 2.15. The number of thiazole rings is 1. The van der Waals surface area contributed by atoms with Crippen molar-refractivity contribution >= 4 is 34.9 Å². The summed E-state index contributed by atoms with van der Waals surface area (Å²) in [5, 5.41) is 19.4. The van der Waals surface area contributed by atoms with Gasteiger partial charge in [-0.2, -0.15) is 0 Å². The van der Waals surface area contributed by atoms with Crippen molar-refractivity contribution in [3.63, 3.8) is 0 Å². The molecule has 0 saturated carbocycles. The van der Waals surface area contributed by atoms with E-state index in [-0.39, 0.29) is 10.7 Å². The average molecular weight is 297 g/mol. The van der Waals surface area contributed by atoms with Crippen LogP contribution < -0.4 is 0 Å². The molecular formula is C10H7N3O4S2. The number of aryl methyl sites for hydroxylation is 1. The molecule has 0 spiro atoms. The molecule has 0 aliphatic heterocycles. The number of nitrogens with zero attached hydrogens (tertiary/aromatic N) is 3. The van der Waals surface area contributed by atoms with Crippen LogP contribution in [-0.2, 0) is 0 Å². The Hall–Kier alpha value is -2.00. The molecule has 1 N–H and O–H groups in total. The maximum Gasteiger partial charge on any atom is 0.363 e. The Balaban J connectivity index is 2.19. The summed E-state index contributed by atoms with van der Waals surface area (Å²) in [6.07, 6.45) is 1.36. The largest absolute Gasteiger partial charge is 0.477 e. The molecule has 2 aromatic rings. The van der Waals surface area contributed by atoms with E-state index < -0.39 is 10.9 Å². The van der Waals surface area contributed by atoms with Gasteiger partial charge in [0.25, 0.3) is 0 Å². The lowest BCUT2D eigenvalue weighted by Crippen LogP contribution is -1.94. The highest BCUT2D eigenvalue weighted by Crippen LogP contribution is 2.32. The number of hydrogen-bond donors (Lipinski definition) is 1. The predicted octanol–water partition coefficient (Wildman–Crippen LogP) is 2.60. The van der Waals surface area contributed by atoms with Gasteiger partial charge in [0.15, 0.2) is 10.5 Å². The van der Waals surface area contributed by atoms with Gasteiger partial charge in [-0.3, -0.25) is 0 Å². The molecule has 9 heteroatoms. The van der Waals surface area contributed by atoms with Crippen LogP contribution in [0.15, 0.2) is 27.6 Å². The van der Waals surface area contributed by atoms with E-state index in [0.717, 1.165) is 11.3 Å². The number of rotatable bonds is 4. The third-order valence-corrected chi connectivity index (χ3v) is 4.27. The summed E-state index contributed by atoms with van der Waals surface area (Å²) in [5.41, 5.74) is 0.454. The van der Waals surface area contributed by atoms with Crippen molar-refractivity contribution in [1.82, 2.24) is 9.97 Å². The topological polar surface area (TPSA) is 106 Å². The molecule has 0 aliphatic rings. The Bertz CT molecular complexity index is 639. The Morgan fingerprint density at radius 3 is 2.74 bits per heavy atom. The second kappa shape index (κ2) is 5.33. The molecule has 2 rings (SSSR count). The molecule has 0 fully saturated rings. The van der Waals surface area contributed by atoms with E-state index in [9.17, 15) is 14.9 Å². The van der Waals surface area contributed by atoms with Crippen LogP contribution in [0.1, 0.15) is 15.4 Å². The minimum absolute atomic E-state index is 0.192. The summed E-state index contributed by atoms with van der Waals surface area (Å²) in [6.45, 7) is 1.62. The fourth-order valence-electron chi connectivity index (χ4n) is 1.26. The highest BCUT2D eigenvalue weighted by atomic mass is 32.2. The molecule has 0 bridgehead atoms. The van der Waals surface area contributed by atoms with Crippen molar-refractivity contribution in [2.24, 2.45) is 0 Å². The van der Waals surface area contributed by atoms with Crippen molar-refractivity contribution in [1.29, 1.82) is 0 Å². The summed E-state index contributed by atoms with van der Waals surface area (Å²) in [6, 6.07) is 2.84. The van der Waals surface area contributed by atoms with E-state index in [1.165, 1.54) is 24.0 Å². The first-order chi connectivity index (χ1) is 8.97. The minimum Gasteiger partial charge on any atom is -0.477 e. The molecule has 0 aliphatic carbocycles. The van der Waals surface area contributed by atoms with Gasteiger partial charge in [-0.05, 0) is 22.9 Å². The van der Waals surface area contributed by atoms with Crippen molar-refractivity contribution < 1.29 is 14.8 Å². The van der Waals surface area contributed by atoms with Gasteiger partial charge in [-0.15, -0.1) is 11.3 Å². The van der Waals surface area contributed by atoms with Crippen LogP contribution in [0.5, 0.6) is 0 Å². The van der Waals surface area contributed by atoms with Gasteiger partial charge in [0.1, 0.15) is 4.88 Å². The summed E-state index contributed by atoms with van der Waals surface area (Å²) < 4.78 is 0.561. The van der Waals surface area contributed by atoms with Gasteiger partial charge in [-0.1, -0.05) is 11.8 Å². The van der Waals surface area contributed by atoms with E-state index in [1.54, 1.807) is 13.0 Å². The monoisotopic (exact) mass is 297 g/mol. The number of hydrogen-bond acceptors (Lipinski definition) is 7. The van der Waals surface area contributed by atoms with Gasteiger partial charge in [0, 0.05) is 6.07 Å². The molecular weight excluding hydrogens is 290 g/mol. The first kappa shape index (κ1) is 13.4. The second-order valence-corrected chi connectivity index (χ2v) is 5.73. The molecule has 0 radical (unpaired) electrons. The highest BCUT2D eigenvalue weighted by molar-refractivity contribution is 8.01. The van der Waals surface area contributed by atoms with E-state index in [0.29, 0.717) is 14.9 Å². The summed E-state index contributed by atoms with van der Waals surface area (Å²) >= 11 is 2.28. The number of carbonyl (C=O) groups is 1. The van der Waals surface area contributed by atoms with Gasteiger partial charge in [0.2, 0.25) is 0 Å². The average Bonchev–Trinajstić information content (AvgIpc) is 2.71. The molecule has 19 heavy (non-hydrogen) atoms. The Kier molecular flexibility index (Phi) is 3.76. The number of nitro groups is 1. The second-order valence-electron chi connectivity index (χ2n) is 3.41. The van der Waals surface area contributed by atoms with Crippen LogP contribution in [0.25, 0.3) is 0 Å². The third kappa shape index (κ3) is 3.06. The molecule has 0 amide bonds. The third-order valence-electron chi connectivity index (χ3n) is 2.08. The lowest BCUT2D eigenvalue weighted by atomic mass is 10.4. The quantitative estimate of drug-likeness (QED) is 0.682. The normalized spacial score (nSPS) is 10.4. The van der Waals surface area contributed by atoms with Gasteiger partial charge < -0.3 is 15.2 Å². The zero-order valence-corrected chi connectivity index (χ0v) is 11.2. The fraction of sp³-hybridized carbons (Fsp3) is 0.100. The molecule has 0 unspecified atom stereocenters. The van der Waals surface area contributed by atoms with Gasteiger partial charge in [0.05, 0.1) is 10.6 Å². The van der Waals surface area contributed by atoms with Crippen molar-refractivity contribution in [3.05, 3.63) is 39.0 Å². The van der Waals surface area contributed by atoms with Crippen molar-refractivity contribution in [2.45, 2.75) is 16.2 Å². The smallest absolute Gasteiger partial charge is 0.363 e. The first-order valence-electron chi connectivity index (χ1n) is 4.96. The summed E-state index contributed by atoms with van der Waals surface area (Å²) in [7, 11) is 0. The molecule has 0 atom stereocenters. The molecule has 98 valence electrons. The summed E-state index contributed by atoms with van der Waals surface area (Å²) in [5.74, 6) is -1.24. The predicted molar refractivity (Wildman–Crippen MR) is 68.8 cm³/mol. The lowest BCUT2D eigenvalue weighted by molar-refractivity contribution is -0.389. The Labute approximate surface area is 115 Å². The molecule has 2 heterocycles.